The Labute approximate surface area is 406 Å². The fourth-order valence-corrected chi connectivity index (χ4v) is 9.61. The normalized spacial score (nSPS) is 13.4. The Morgan fingerprint density at radius 2 is 1.12 bits per heavy atom. The van der Waals surface area contributed by atoms with Gasteiger partial charge in [-0.15, -0.1) is 0 Å². The molecule has 0 N–H and O–H groups in total. The van der Waals surface area contributed by atoms with E-state index in [1.807, 2.05) is 18.2 Å². The Morgan fingerprint density at radius 3 is 1.60 bits per heavy atom. The molecule has 8 rings (SSSR count). The molecular weight excluding hydrogens is 825 g/mol. The number of nitrogens with zero attached hydrogens (tertiary/aromatic N) is 2. The van der Waals surface area contributed by atoms with E-state index in [-0.39, 0.29) is 16.7 Å². The van der Waals surface area contributed by atoms with Crippen molar-refractivity contribution in [2.75, 3.05) is 12.0 Å². The number of benzene rings is 7. The third kappa shape index (κ3) is 10.5. The Bertz CT molecular complexity index is 3060. The van der Waals surface area contributed by atoms with Crippen molar-refractivity contribution in [1.82, 2.24) is 4.57 Å². The molecular formula is C65H68N2O. The van der Waals surface area contributed by atoms with Gasteiger partial charge in [0.15, 0.2) is 0 Å². The number of fused-ring (bicyclic) bond motifs is 3. The highest BCUT2D eigenvalue weighted by atomic mass is 16.5. The fourth-order valence-electron chi connectivity index (χ4n) is 9.61. The van der Waals surface area contributed by atoms with Crippen LogP contribution in [0.15, 0.2) is 213 Å². The zero-order chi connectivity index (χ0) is 48.0. The van der Waals surface area contributed by atoms with E-state index in [4.69, 9.17) is 4.74 Å². The quantitative estimate of drug-likeness (QED) is 0.0954. The van der Waals surface area contributed by atoms with Crippen LogP contribution in [-0.2, 0) is 0 Å². The molecule has 0 saturated heterocycles. The minimum Gasteiger partial charge on any atom is -0.497 e. The third-order valence-corrected chi connectivity index (χ3v) is 13.2. The molecule has 7 aromatic carbocycles. The smallest absolute Gasteiger partial charge is 0.119 e. The minimum atomic E-state index is 0.116. The monoisotopic (exact) mass is 893 g/mol. The molecule has 3 heteroatoms. The predicted octanol–water partition coefficient (Wildman–Crippen LogP) is 18.7. The van der Waals surface area contributed by atoms with Crippen LogP contribution in [0.4, 0.5) is 11.4 Å². The van der Waals surface area contributed by atoms with E-state index in [2.05, 4.69) is 253 Å². The number of rotatable bonds is 15. The molecule has 2 atom stereocenters. The lowest BCUT2D eigenvalue weighted by Crippen LogP contribution is -2.23. The van der Waals surface area contributed by atoms with Crippen LogP contribution in [0, 0.1) is 16.7 Å². The maximum absolute atomic E-state index is 5.56. The van der Waals surface area contributed by atoms with Crippen LogP contribution in [0.25, 0.3) is 60.9 Å². The second-order valence-electron chi connectivity index (χ2n) is 20.4. The van der Waals surface area contributed by atoms with Gasteiger partial charge in [-0.1, -0.05) is 183 Å². The van der Waals surface area contributed by atoms with E-state index < -0.39 is 0 Å². The Balaban J connectivity index is 1.20. The summed E-state index contributed by atoms with van der Waals surface area (Å²) < 4.78 is 7.94. The summed E-state index contributed by atoms with van der Waals surface area (Å²) >= 11 is 0. The van der Waals surface area contributed by atoms with Gasteiger partial charge < -0.3 is 14.2 Å². The van der Waals surface area contributed by atoms with E-state index in [9.17, 15) is 0 Å². The molecule has 0 bridgehead atoms. The largest absolute Gasteiger partial charge is 0.497 e. The Hall–Kier alpha value is -7.10. The van der Waals surface area contributed by atoms with Crippen molar-refractivity contribution < 1.29 is 4.74 Å². The number of aromatic nitrogens is 1. The molecule has 68 heavy (non-hydrogen) atoms. The first kappa shape index (κ1) is 47.4. The van der Waals surface area contributed by atoms with Crippen molar-refractivity contribution in [2.24, 2.45) is 16.7 Å². The molecule has 0 radical (unpaired) electrons. The number of anilines is 2. The molecule has 0 aliphatic carbocycles. The molecule has 3 nitrogen and oxygen atoms in total. The molecule has 344 valence electrons. The van der Waals surface area contributed by atoms with Crippen LogP contribution in [0.1, 0.15) is 79.7 Å². The molecule has 1 heterocycles. The fraction of sp³-hybridized carbons (Fsp3) is 0.231. The van der Waals surface area contributed by atoms with E-state index in [1.165, 1.54) is 49.7 Å². The molecule has 0 fully saturated rings. The van der Waals surface area contributed by atoms with E-state index in [1.54, 1.807) is 7.11 Å². The molecule has 0 aliphatic heterocycles. The molecule has 0 spiro atoms. The molecule has 1 aromatic heterocycles. The second-order valence-corrected chi connectivity index (χ2v) is 20.4. The van der Waals surface area contributed by atoms with Gasteiger partial charge in [0.1, 0.15) is 5.75 Å². The molecule has 0 aliphatic rings. The second kappa shape index (κ2) is 20.4. The van der Waals surface area contributed by atoms with Crippen molar-refractivity contribution in [3.8, 4) is 44.8 Å². The average Bonchev–Trinajstić information content (AvgIpc) is 3.67. The maximum Gasteiger partial charge on any atom is 0.119 e. The van der Waals surface area contributed by atoms with Crippen molar-refractivity contribution in [3.05, 3.63) is 218 Å². The first-order valence-corrected chi connectivity index (χ1v) is 24.3. The number of hydrogen-bond donors (Lipinski definition) is 0. The highest BCUT2D eigenvalue weighted by molar-refractivity contribution is 6.11. The lowest BCUT2D eigenvalue weighted by Gasteiger charge is -2.36. The SMILES string of the molecule is C=C/C=C(\C(C)/C=C\C=C/CC)N(c1ccc(-c2ccccc2)cc1)c1ccc(-c2ccc3c(c2)c2cc(-c4ccc(C(CC(C)(C)C)C(C)(C)C)cc4)ccc2n3-c2ccc(OC)cc2)cc1. The number of allylic oxidation sites excluding steroid dienone is 6. The Kier molecular flexibility index (Phi) is 14.2. The highest BCUT2D eigenvalue weighted by Gasteiger charge is 2.30. The topological polar surface area (TPSA) is 17.4 Å². The number of hydrogen-bond acceptors (Lipinski definition) is 2. The van der Waals surface area contributed by atoms with Gasteiger partial charge in [-0.25, -0.2) is 0 Å². The van der Waals surface area contributed by atoms with Crippen molar-refractivity contribution in [3.63, 3.8) is 0 Å². The third-order valence-electron chi connectivity index (χ3n) is 13.2. The summed E-state index contributed by atoms with van der Waals surface area (Å²) in [6.07, 6.45) is 14.9. The first-order chi connectivity index (χ1) is 32.8. The highest BCUT2D eigenvalue weighted by Crippen LogP contribution is 2.44. The summed E-state index contributed by atoms with van der Waals surface area (Å²) in [5.74, 6) is 1.42. The van der Waals surface area contributed by atoms with Crippen molar-refractivity contribution in [2.45, 2.75) is 74.1 Å². The van der Waals surface area contributed by atoms with Crippen LogP contribution >= 0.6 is 0 Å². The summed E-state index contributed by atoms with van der Waals surface area (Å²) in [6, 6.07) is 60.1. The summed E-state index contributed by atoms with van der Waals surface area (Å²) in [5, 5.41) is 2.43. The van der Waals surface area contributed by atoms with Crippen LogP contribution in [0.2, 0.25) is 0 Å². The van der Waals surface area contributed by atoms with E-state index in [0.29, 0.717) is 5.92 Å². The van der Waals surface area contributed by atoms with Crippen LogP contribution < -0.4 is 9.64 Å². The zero-order valence-corrected chi connectivity index (χ0v) is 41.6. The van der Waals surface area contributed by atoms with Crippen LogP contribution in [-0.4, -0.2) is 11.7 Å². The summed E-state index contributed by atoms with van der Waals surface area (Å²) in [5.41, 5.74) is 15.7. The van der Waals surface area contributed by atoms with Crippen molar-refractivity contribution >= 4 is 33.2 Å². The first-order valence-electron chi connectivity index (χ1n) is 24.3. The molecule has 2 unspecified atom stereocenters. The lowest BCUT2D eigenvalue weighted by molar-refractivity contribution is 0.229. The molecule has 8 aromatic rings. The summed E-state index contributed by atoms with van der Waals surface area (Å²) in [7, 11) is 1.72. The van der Waals surface area contributed by atoms with Gasteiger partial charge in [-0.2, -0.15) is 0 Å². The molecule has 0 amide bonds. The van der Waals surface area contributed by atoms with Crippen LogP contribution in [0.5, 0.6) is 5.75 Å². The Morgan fingerprint density at radius 1 is 0.618 bits per heavy atom. The summed E-state index contributed by atoms with van der Waals surface area (Å²) in [4.78, 5) is 2.37. The van der Waals surface area contributed by atoms with E-state index >= 15 is 0 Å². The van der Waals surface area contributed by atoms with Gasteiger partial charge in [0.2, 0.25) is 0 Å². The maximum atomic E-state index is 5.56. The van der Waals surface area contributed by atoms with Gasteiger partial charge in [0.25, 0.3) is 0 Å². The standard InChI is InChI=1S/C65H68N2O/c1-11-13-14-16-20-46(3)61(19-12-2)66(54-33-27-48(28-34-54)47-21-17-15-18-22-47)55-35-29-50(30-36-55)53-32-42-63-59(44-53)58-43-52(31-41-62(58)67(63)56-37-39-57(68-10)40-38-56)49-23-25-51(26-24-49)60(65(7,8)9)45-64(4,5)6/h12-44,46,60H,2,11,45H2,1,3-10H3/b14-13-,20-16-,61-19+. The van der Waals surface area contributed by atoms with Gasteiger partial charge in [-0.3, -0.25) is 0 Å². The lowest BCUT2D eigenvalue weighted by atomic mass is 9.69. The van der Waals surface area contributed by atoms with Gasteiger partial charge >= 0.3 is 0 Å². The van der Waals surface area contributed by atoms with E-state index in [0.717, 1.165) is 52.4 Å². The molecule has 0 saturated carbocycles. The number of methoxy groups -OCH3 is 1. The number of ether oxygens (including phenoxy) is 1. The van der Waals surface area contributed by atoms with Gasteiger partial charge in [0.05, 0.1) is 18.1 Å². The van der Waals surface area contributed by atoms with Gasteiger partial charge in [0, 0.05) is 39.4 Å². The average molecular weight is 893 g/mol. The zero-order valence-electron chi connectivity index (χ0n) is 41.6. The van der Waals surface area contributed by atoms with Crippen LogP contribution in [0.3, 0.4) is 0 Å². The minimum absolute atomic E-state index is 0.116. The summed E-state index contributed by atoms with van der Waals surface area (Å²) in [6.45, 7) is 22.7. The van der Waals surface area contributed by atoms with Gasteiger partial charge in [-0.05, 0) is 147 Å². The predicted molar refractivity (Wildman–Crippen MR) is 295 cm³/mol. The van der Waals surface area contributed by atoms with Crippen molar-refractivity contribution in [1.29, 1.82) is 0 Å².